The van der Waals surface area contributed by atoms with Crippen LogP contribution >= 0.6 is 0 Å². The van der Waals surface area contributed by atoms with E-state index in [0.29, 0.717) is 6.42 Å². The molecule has 0 radical (unpaired) electrons. The van der Waals surface area contributed by atoms with Crippen LogP contribution in [-0.2, 0) is 9.59 Å². The summed E-state index contributed by atoms with van der Waals surface area (Å²) in [6.45, 7) is 4.62. The molecule has 7 heteroatoms. The molecule has 0 saturated carbocycles. The number of hydrogen-bond donors (Lipinski definition) is 5. The molecule has 20 heavy (non-hydrogen) atoms. The van der Waals surface area contributed by atoms with Crippen LogP contribution in [0.15, 0.2) is 0 Å². The molecular weight excluding hydrogens is 264 g/mol. The molecule has 0 spiro atoms. The van der Waals surface area contributed by atoms with Crippen molar-refractivity contribution < 1.29 is 24.9 Å². The Kier molecular flexibility index (Phi) is 8.36. The SMILES string of the molecule is CCC(CO)NC(=O)CCNC(=O)[C@H](O)C(C)(C)CO. The molecule has 2 atom stereocenters. The lowest BCUT2D eigenvalue weighted by atomic mass is 9.87. The van der Waals surface area contributed by atoms with E-state index in [1.165, 1.54) is 0 Å². The fraction of sp³-hybridized carbons (Fsp3) is 0.846. The number of amides is 2. The molecule has 0 aliphatic heterocycles. The summed E-state index contributed by atoms with van der Waals surface area (Å²) in [6.07, 6.45) is -0.650. The number of carbonyl (C=O) groups excluding carboxylic acids is 2. The topological polar surface area (TPSA) is 119 Å². The molecule has 0 heterocycles. The molecule has 0 aromatic heterocycles. The second kappa shape index (κ2) is 8.89. The van der Waals surface area contributed by atoms with E-state index in [1.807, 2.05) is 6.92 Å². The summed E-state index contributed by atoms with van der Waals surface area (Å²) in [7, 11) is 0. The monoisotopic (exact) mass is 290 g/mol. The summed E-state index contributed by atoms with van der Waals surface area (Å²) in [6, 6.07) is -0.280. The number of hydrogen-bond acceptors (Lipinski definition) is 5. The maximum atomic E-state index is 11.6. The summed E-state index contributed by atoms with van der Waals surface area (Å²) in [5.41, 5.74) is -0.934. The van der Waals surface area contributed by atoms with E-state index < -0.39 is 17.4 Å². The van der Waals surface area contributed by atoms with Crippen molar-refractivity contribution in [3.63, 3.8) is 0 Å². The van der Waals surface area contributed by atoms with Crippen LogP contribution < -0.4 is 10.6 Å². The number of rotatable bonds is 9. The van der Waals surface area contributed by atoms with Crippen LogP contribution in [0, 0.1) is 5.41 Å². The first kappa shape index (κ1) is 18.8. The van der Waals surface area contributed by atoms with Crippen molar-refractivity contribution in [2.75, 3.05) is 19.8 Å². The van der Waals surface area contributed by atoms with Crippen LogP contribution in [-0.4, -0.2) is 59.0 Å². The third-order valence-corrected chi connectivity index (χ3v) is 3.13. The summed E-state index contributed by atoms with van der Waals surface area (Å²) >= 11 is 0. The molecule has 0 bridgehead atoms. The minimum Gasteiger partial charge on any atom is -0.396 e. The van der Waals surface area contributed by atoms with Gasteiger partial charge in [0.1, 0.15) is 6.10 Å². The second-order valence-electron chi connectivity index (χ2n) is 5.45. The lowest BCUT2D eigenvalue weighted by molar-refractivity contribution is -0.137. The molecule has 1 unspecified atom stereocenters. The van der Waals surface area contributed by atoms with Gasteiger partial charge in [-0.15, -0.1) is 0 Å². The predicted molar refractivity (Wildman–Crippen MR) is 73.8 cm³/mol. The highest BCUT2D eigenvalue weighted by Gasteiger charge is 2.32. The Morgan fingerprint density at radius 3 is 2.30 bits per heavy atom. The number of nitrogens with one attached hydrogen (secondary N) is 2. The Balaban J connectivity index is 4.06. The van der Waals surface area contributed by atoms with E-state index in [4.69, 9.17) is 10.2 Å². The van der Waals surface area contributed by atoms with Crippen LogP contribution in [0.3, 0.4) is 0 Å². The van der Waals surface area contributed by atoms with Gasteiger partial charge < -0.3 is 26.0 Å². The van der Waals surface area contributed by atoms with E-state index >= 15 is 0 Å². The quantitative estimate of drug-likeness (QED) is 0.364. The minimum atomic E-state index is -1.34. The Hall–Kier alpha value is -1.18. The van der Waals surface area contributed by atoms with E-state index in [9.17, 15) is 14.7 Å². The van der Waals surface area contributed by atoms with Crippen LogP contribution in [0.1, 0.15) is 33.6 Å². The molecule has 2 amide bonds. The predicted octanol–water partition coefficient (Wildman–Crippen LogP) is -1.24. The summed E-state index contributed by atoms with van der Waals surface area (Å²) < 4.78 is 0. The van der Waals surface area contributed by atoms with Gasteiger partial charge in [-0.05, 0) is 6.42 Å². The van der Waals surface area contributed by atoms with Gasteiger partial charge in [-0.25, -0.2) is 0 Å². The Morgan fingerprint density at radius 2 is 1.85 bits per heavy atom. The summed E-state index contributed by atoms with van der Waals surface area (Å²) in [4.78, 5) is 23.1. The van der Waals surface area contributed by atoms with Crippen LogP contribution in [0.2, 0.25) is 0 Å². The van der Waals surface area contributed by atoms with Gasteiger partial charge in [0, 0.05) is 18.4 Å². The number of aliphatic hydroxyl groups excluding tert-OH is 3. The van der Waals surface area contributed by atoms with Gasteiger partial charge in [-0.1, -0.05) is 20.8 Å². The molecule has 0 aromatic rings. The molecule has 0 aliphatic rings. The van der Waals surface area contributed by atoms with E-state index in [-0.39, 0.29) is 38.1 Å². The second-order valence-corrected chi connectivity index (χ2v) is 5.45. The highest BCUT2D eigenvalue weighted by molar-refractivity contribution is 5.82. The maximum Gasteiger partial charge on any atom is 0.249 e. The lowest BCUT2D eigenvalue weighted by Gasteiger charge is -2.27. The molecule has 0 aliphatic carbocycles. The van der Waals surface area contributed by atoms with Crippen molar-refractivity contribution in [2.24, 2.45) is 5.41 Å². The van der Waals surface area contributed by atoms with Gasteiger partial charge in [0.05, 0.1) is 19.3 Å². The first-order valence-electron chi connectivity index (χ1n) is 6.75. The van der Waals surface area contributed by atoms with Crippen molar-refractivity contribution in [2.45, 2.75) is 45.8 Å². The van der Waals surface area contributed by atoms with Gasteiger partial charge >= 0.3 is 0 Å². The molecule has 0 fully saturated rings. The zero-order valence-electron chi connectivity index (χ0n) is 12.3. The summed E-state index contributed by atoms with van der Waals surface area (Å²) in [5.74, 6) is -0.895. The Morgan fingerprint density at radius 1 is 1.25 bits per heavy atom. The van der Waals surface area contributed by atoms with Crippen LogP contribution in [0.25, 0.3) is 0 Å². The van der Waals surface area contributed by atoms with E-state index in [0.717, 1.165) is 0 Å². The Labute approximate surface area is 119 Å². The van der Waals surface area contributed by atoms with E-state index in [1.54, 1.807) is 13.8 Å². The minimum absolute atomic E-state index is 0.0640. The zero-order chi connectivity index (χ0) is 15.8. The molecular formula is C13H26N2O5. The highest BCUT2D eigenvalue weighted by atomic mass is 16.3. The van der Waals surface area contributed by atoms with Crippen molar-refractivity contribution in [1.82, 2.24) is 10.6 Å². The molecule has 5 N–H and O–H groups in total. The van der Waals surface area contributed by atoms with Crippen LogP contribution in [0.4, 0.5) is 0 Å². The largest absolute Gasteiger partial charge is 0.396 e. The third kappa shape index (κ3) is 6.31. The fourth-order valence-electron chi connectivity index (χ4n) is 1.41. The first-order valence-corrected chi connectivity index (χ1v) is 6.75. The normalized spacial score (nSPS) is 14.5. The molecule has 0 aromatic carbocycles. The van der Waals surface area contributed by atoms with E-state index in [2.05, 4.69) is 10.6 Å². The van der Waals surface area contributed by atoms with Gasteiger partial charge in [-0.3, -0.25) is 9.59 Å². The van der Waals surface area contributed by atoms with Gasteiger partial charge in [-0.2, -0.15) is 0 Å². The highest BCUT2D eigenvalue weighted by Crippen LogP contribution is 2.19. The third-order valence-electron chi connectivity index (χ3n) is 3.13. The summed E-state index contributed by atoms with van der Waals surface area (Å²) in [5, 5.41) is 32.8. The smallest absolute Gasteiger partial charge is 0.249 e. The lowest BCUT2D eigenvalue weighted by Crippen LogP contribution is -2.46. The van der Waals surface area contributed by atoms with Gasteiger partial charge in [0.25, 0.3) is 0 Å². The van der Waals surface area contributed by atoms with Crippen LogP contribution in [0.5, 0.6) is 0 Å². The zero-order valence-corrected chi connectivity index (χ0v) is 12.3. The average molecular weight is 290 g/mol. The van der Waals surface area contributed by atoms with Crippen molar-refractivity contribution in [1.29, 1.82) is 0 Å². The first-order chi connectivity index (χ1) is 9.28. The number of aliphatic hydroxyl groups is 3. The van der Waals surface area contributed by atoms with Crippen molar-refractivity contribution in [3.8, 4) is 0 Å². The van der Waals surface area contributed by atoms with Gasteiger partial charge in [0.15, 0.2) is 0 Å². The molecule has 0 rings (SSSR count). The molecule has 118 valence electrons. The molecule has 7 nitrogen and oxygen atoms in total. The maximum absolute atomic E-state index is 11.6. The average Bonchev–Trinajstić information content (AvgIpc) is 2.43. The van der Waals surface area contributed by atoms with Crippen molar-refractivity contribution >= 4 is 11.8 Å². The Bertz CT molecular complexity index is 316. The standard InChI is InChI=1S/C13H26N2O5/c1-4-9(7-16)15-10(18)5-6-14-12(20)11(19)13(2,3)8-17/h9,11,16-17,19H,4-8H2,1-3H3,(H,14,20)(H,15,18)/t9?,11-/m0/s1. The van der Waals surface area contributed by atoms with Gasteiger partial charge in [0.2, 0.25) is 11.8 Å². The van der Waals surface area contributed by atoms with Crippen molar-refractivity contribution in [3.05, 3.63) is 0 Å². The molecule has 0 saturated heterocycles. The number of carbonyl (C=O) groups is 2. The fourth-order valence-corrected chi connectivity index (χ4v) is 1.41.